The first-order chi connectivity index (χ1) is 5.67. The van der Waals surface area contributed by atoms with Crippen molar-refractivity contribution in [2.75, 3.05) is 6.61 Å². The van der Waals surface area contributed by atoms with Crippen LogP contribution in [-0.4, -0.2) is 17.5 Å². The molecule has 0 aromatic heterocycles. The van der Waals surface area contributed by atoms with Crippen molar-refractivity contribution in [3.05, 3.63) is 0 Å². The second-order valence-corrected chi connectivity index (χ2v) is 3.44. The van der Waals surface area contributed by atoms with Gasteiger partial charge in [-0.3, -0.25) is 4.79 Å². The molecule has 0 amide bonds. The van der Waals surface area contributed by atoms with Gasteiger partial charge in [-0.05, 0) is 12.8 Å². The first-order valence-corrected chi connectivity index (χ1v) is 4.23. The van der Waals surface area contributed by atoms with E-state index in [9.17, 15) is 4.79 Å². The molecule has 1 aliphatic carbocycles. The van der Waals surface area contributed by atoms with E-state index in [1.165, 1.54) is 0 Å². The third kappa shape index (κ3) is 1.12. The minimum Gasteiger partial charge on any atom is -0.396 e. The van der Waals surface area contributed by atoms with Gasteiger partial charge in [-0.2, -0.15) is 5.26 Å². The van der Waals surface area contributed by atoms with Crippen molar-refractivity contribution in [3.8, 4) is 6.07 Å². The molecule has 1 N–H and O–H groups in total. The lowest BCUT2D eigenvalue weighted by Gasteiger charge is -2.24. The molecular weight excluding hydrogens is 154 g/mol. The Bertz CT molecular complexity index is 231. The number of nitrogens with zero attached hydrogens (tertiary/aromatic N) is 1. The van der Waals surface area contributed by atoms with Crippen LogP contribution in [0.4, 0.5) is 0 Å². The quantitative estimate of drug-likeness (QED) is 0.664. The van der Waals surface area contributed by atoms with E-state index in [4.69, 9.17) is 10.4 Å². The lowest BCUT2D eigenvalue weighted by atomic mass is 9.76. The Hall–Kier alpha value is -0.880. The van der Waals surface area contributed by atoms with E-state index in [2.05, 4.69) is 6.07 Å². The second-order valence-electron chi connectivity index (χ2n) is 3.44. The van der Waals surface area contributed by atoms with Gasteiger partial charge >= 0.3 is 0 Å². The number of rotatable bonds is 2. The number of carbonyl (C=O) groups excluding carboxylic acids is 1. The molecule has 0 spiro atoms. The van der Waals surface area contributed by atoms with Crippen LogP contribution in [0.1, 0.15) is 26.2 Å². The van der Waals surface area contributed by atoms with Crippen LogP contribution >= 0.6 is 0 Å². The molecule has 1 fully saturated rings. The maximum Gasteiger partial charge on any atom is 0.153 e. The van der Waals surface area contributed by atoms with Crippen molar-refractivity contribution in [1.82, 2.24) is 0 Å². The number of ketones is 1. The minimum atomic E-state index is -0.880. The predicted molar refractivity (Wildman–Crippen MR) is 43.2 cm³/mol. The summed E-state index contributed by atoms with van der Waals surface area (Å²) < 4.78 is 0. The average molecular weight is 167 g/mol. The maximum atomic E-state index is 11.4. The van der Waals surface area contributed by atoms with Gasteiger partial charge in [0.2, 0.25) is 0 Å². The molecule has 1 aliphatic rings. The van der Waals surface area contributed by atoms with Crippen LogP contribution in [0.3, 0.4) is 0 Å². The first-order valence-electron chi connectivity index (χ1n) is 4.23. The molecule has 66 valence electrons. The zero-order valence-corrected chi connectivity index (χ0v) is 7.21. The van der Waals surface area contributed by atoms with Crippen molar-refractivity contribution in [2.24, 2.45) is 11.3 Å². The van der Waals surface area contributed by atoms with Gasteiger partial charge in [0, 0.05) is 18.9 Å². The van der Waals surface area contributed by atoms with Gasteiger partial charge in [0.25, 0.3) is 0 Å². The van der Waals surface area contributed by atoms with E-state index in [1.54, 1.807) is 6.92 Å². The Labute approximate surface area is 72.0 Å². The Morgan fingerprint density at radius 2 is 2.50 bits per heavy atom. The Morgan fingerprint density at radius 1 is 1.83 bits per heavy atom. The van der Waals surface area contributed by atoms with Gasteiger partial charge in [-0.25, -0.2) is 0 Å². The molecule has 0 radical (unpaired) electrons. The van der Waals surface area contributed by atoms with E-state index in [-0.39, 0.29) is 18.3 Å². The Balaban J connectivity index is 2.90. The monoisotopic (exact) mass is 167 g/mol. The SMILES string of the molecule is CC(CO)C1(C#N)CCCC1=O. The van der Waals surface area contributed by atoms with Crippen molar-refractivity contribution in [1.29, 1.82) is 5.26 Å². The normalized spacial score (nSPS) is 31.6. The van der Waals surface area contributed by atoms with Gasteiger partial charge in [0.15, 0.2) is 5.78 Å². The van der Waals surface area contributed by atoms with Gasteiger partial charge in [0.1, 0.15) is 5.41 Å². The standard InChI is InChI=1S/C9H13NO2/c1-7(5-11)9(6-10)4-2-3-8(9)12/h7,11H,2-5H2,1H3. The van der Waals surface area contributed by atoms with Crippen LogP contribution in [0.2, 0.25) is 0 Å². The van der Waals surface area contributed by atoms with Crippen LogP contribution in [-0.2, 0) is 4.79 Å². The predicted octanol–water partition coefficient (Wildman–Crippen LogP) is 0.878. The van der Waals surface area contributed by atoms with E-state index in [0.717, 1.165) is 6.42 Å². The molecule has 0 aromatic rings. The largest absolute Gasteiger partial charge is 0.396 e. The smallest absolute Gasteiger partial charge is 0.153 e. The molecule has 3 nitrogen and oxygen atoms in total. The molecule has 0 aliphatic heterocycles. The topological polar surface area (TPSA) is 61.1 Å². The highest BCUT2D eigenvalue weighted by Gasteiger charge is 2.46. The molecule has 12 heavy (non-hydrogen) atoms. The Morgan fingerprint density at radius 3 is 2.83 bits per heavy atom. The molecule has 2 unspecified atom stereocenters. The third-order valence-corrected chi connectivity index (χ3v) is 2.79. The zero-order valence-electron chi connectivity index (χ0n) is 7.21. The summed E-state index contributed by atoms with van der Waals surface area (Å²) in [4.78, 5) is 11.4. The van der Waals surface area contributed by atoms with Gasteiger partial charge in [-0.1, -0.05) is 6.92 Å². The van der Waals surface area contributed by atoms with Crippen molar-refractivity contribution in [3.63, 3.8) is 0 Å². The summed E-state index contributed by atoms with van der Waals surface area (Å²) >= 11 is 0. The third-order valence-electron chi connectivity index (χ3n) is 2.79. The van der Waals surface area contributed by atoms with E-state index < -0.39 is 5.41 Å². The summed E-state index contributed by atoms with van der Waals surface area (Å²) in [5.41, 5.74) is -0.880. The lowest BCUT2D eigenvalue weighted by molar-refractivity contribution is -0.125. The molecular formula is C9H13NO2. The minimum absolute atomic E-state index is 0.00606. The molecule has 1 saturated carbocycles. The van der Waals surface area contributed by atoms with Crippen molar-refractivity contribution < 1.29 is 9.90 Å². The van der Waals surface area contributed by atoms with Crippen LogP contribution in [0.15, 0.2) is 0 Å². The van der Waals surface area contributed by atoms with Crippen LogP contribution in [0, 0.1) is 22.7 Å². The van der Waals surface area contributed by atoms with E-state index >= 15 is 0 Å². The van der Waals surface area contributed by atoms with Gasteiger partial charge in [-0.15, -0.1) is 0 Å². The maximum absolute atomic E-state index is 11.4. The zero-order chi connectivity index (χ0) is 9.19. The molecule has 0 bridgehead atoms. The van der Waals surface area contributed by atoms with Gasteiger partial charge < -0.3 is 5.11 Å². The highest BCUT2D eigenvalue weighted by molar-refractivity contribution is 5.89. The number of carbonyl (C=O) groups is 1. The van der Waals surface area contributed by atoms with E-state index in [1.807, 2.05) is 0 Å². The summed E-state index contributed by atoms with van der Waals surface area (Å²) in [5, 5.41) is 17.8. The lowest BCUT2D eigenvalue weighted by Crippen LogP contribution is -2.33. The molecule has 0 saturated heterocycles. The summed E-state index contributed by atoms with van der Waals surface area (Å²) in [6.45, 7) is 1.67. The summed E-state index contributed by atoms with van der Waals surface area (Å²) in [6.07, 6.45) is 1.90. The molecule has 2 atom stereocenters. The average Bonchev–Trinajstić information content (AvgIpc) is 2.46. The van der Waals surface area contributed by atoms with Crippen molar-refractivity contribution >= 4 is 5.78 Å². The van der Waals surface area contributed by atoms with Crippen LogP contribution in [0.25, 0.3) is 0 Å². The fourth-order valence-corrected chi connectivity index (χ4v) is 1.80. The van der Waals surface area contributed by atoms with Gasteiger partial charge in [0.05, 0.1) is 6.07 Å². The number of aliphatic hydroxyl groups is 1. The fraction of sp³-hybridized carbons (Fsp3) is 0.778. The Kier molecular flexibility index (Phi) is 2.49. The number of aliphatic hydroxyl groups excluding tert-OH is 1. The summed E-state index contributed by atoms with van der Waals surface area (Å²) in [6, 6.07) is 2.07. The van der Waals surface area contributed by atoms with Crippen LogP contribution < -0.4 is 0 Å². The van der Waals surface area contributed by atoms with E-state index in [0.29, 0.717) is 12.8 Å². The molecule has 0 aromatic carbocycles. The second kappa shape index (κ2) is 3.24. The molecule has 0 heterocycles. The summed E-state index contributed by atoms with van der Waals surface area (Å²) in [5.74, 6) is -0.218. The molecule has 3 heteroatoms. The van der Waals surface area contributed by atoms with Crippen LogP contribution in [0.5, 0.6) is 0 Å². The fourth-order valence-electron chi connectivity index (χ4n) is 1.80. The number of nitriles is 1. The summed E-state index contributed by atoms with van der Waals surface area (Å²) in [7, 11) is 0. The first kappa shape index (κ1) is 9.21. The number of Topliss-reactive ketones (excluding diaryl/α,β-unsaturated/α-hetero) is 1. The number of hydrogen-bond donors (Lipinski definition) is 1. The van der Waals surface area contributed by atoms with Crippen molar-refractivity contribution in [2.45, 2.75) is 26.2 Å². The number of hydrogen-bond acceptors (Lipinski definition) is 3. The highest BCUT2D eigenvalue weighted by Crippen LogP contribution is 2.40. The molecule has 1 rings (SSSR count). The highest BCUT2D eigenvalue weighted by atomic mass is 16.3.